The fraction of sp³-hybridized carbons (Fsp3) is 0.227. The highest BCUT2D eigenvalue weighted by Gasteiger charge is 2.25. The smallest absolute Gasteiger partial charge is 0.326 e. The lowest BCUT2D eigenvalue weighted by Gasteiger charge is -2.29. The van der Waals surface area contributed by atoms with E-state index < -0.39 is 18.0 Å². The average Bonchev–Trinajstić information content (AvgIpc) is 3.19. The van der Waals surface area contributed by atoms with Crippen molar-refractivity contribution in [2.75, 3.05) is 23.7 Å². The summed E-state index contributed by atoms with van der Waals surface area (Å²) in [7, 11) is 0. The van der Waals surface area contributed by atoms with Crippen LogP contribution < -0.4 is 15.5 Å². The molecule has 0 saturated carbocycles. The molecule has 2 heterocycles. The first kappa shape index (κ1) is 20.8. The Morgan fingerprint density at radius 1 is 1.13 bits per heavy atom. The van der Waals surface area contributed by atoms with Crippen molar-refractivity contribution in [1.82, 2.24) is 15.6 Å². The first-order valence-corrected chi connectivity index (χ1v) is 10.9. The van der Waals surface area contributed by atoms with Gasteiger partial charge < -0.3 is 25.6 Å². The molecule has 0 aliphatic carbocycles. The van der Waals surface area contributed by atoms with Gasteiger partial charge in [-0.15, -0.1) is 11.8 Å². The zero-order chi connectivity index (χ0) is 21.8. The van der Waals surface area contributed by atoms with Gasteiger partial charge in [-0.2, -0.15) is 0 Å². The number of carbonyl (C=O) groups excluding carboxylic acids is 2. The summed E-state index contributed by atoms with van der Waals surface area (Å²) < 4.78 is 0. The summed E-state index contributed by atoms with van der Waals surface area (Å²) in [5.74, 6) is -0.610. The summed E-state index contributed by atoms with van der Waals surface area (Å²) in [5, 5.41) is 15.4. The molecule has 4 rings (SSSR count). The standard InChI is InChI=1S/C22H22N4O4S/c27-20(26-9-10-31-19-8-4-3-7-18(19)26)13-24-22(30)25-17(21(28)29)11-14-12-23-16-6-2-1-5-15(14)16/h1-8,12,17,23H,9-11,13H2,(H,28,29)(H2,24,25,30). The lowest BCUT2D eigenvalue weighted by molar-refractivity contribution is -0.139. The van der Waals surface area contributed by atoms with E-state index in [9.17, 15) is 19.5 Å². The van der Waals surface area contributed by atoms with E-state index in [4.69, 9.17) is 0 Å². The molecule has 1 aliphatic rings. The maximum atomic E-state index is 12.6. The fourth-order valence-corrected chi connectivity index (χ4v) is 4.60. The number of benzene rings is 2. The quantitative estimate of drug-likeness (QED) is 0.472. The minimum atomic E-state index is -1.14. The molecule has 3 aromatic rings. The van der Waals surface area contributed by atoms with Gasteiger partial charge in [-0.1, -0.05) is 30.3 Å². The lowest BCUT2D eigenvalue weighted by atomic mass is 10.1. The molecule has 1 aliphatic heterocycles. The van der Waals surface area contributed by atoms with Gasteiger partial charge in [0.05, 0.1) is 12.2 Å². The molecular formula is C22H22N4O4S. The molecule has 160 valence electrons. The monoisotopic (exact) mass is 438 g/mol. The maximum absolute atomic E-state index is 12.6. The van der Waals surface area contributed by atoms with Gasteiger partial charge in [0, 0.05) is 40.7 Å². The molecule has 2 aromatic carbocycles. The third-order valence-corrected chi connectivity index (χ3v) is 6.18. The number of aromatic nitrogens is 1. The second-order valence-electron chi connectivity index (χ2n) is 7.14. The Labute approximate surface area is 183 Å². The molecule has 0 saturated heterocycles. The molecule has 0 radical (unpaired) electrons. The largest absolute Gasteiger partial charge is 0.480 e. The number of aliphatic carboxylic acids is 1. The molecule has 8 nitrogen and oxygen atoms in total. The number of hydrogen-bond donors (Lipinski definition) is 4. The van der Waals surface area contributed by atoms with Crippen molar-refractivity contribution in [2.45, 2.75) is 17.4 Å². The van der Waals surface area contributed by atoms with Gasteiger partial charge in [0.25, 0.3) is 0 Å². The third-order valence-electron chi connectivity index (χ3n) is 5.13. The fourth-order valence-electron chi connectivity index (χ4n) is 3.61. The van der Waals surface area contributed by atoms with Crippen molar-refractivity contribution < 1.29 is 19.5 Å². The highest BCUT2D eigenvalue weighted by atomic mass is 32.2. The lowest BCUT2D eigenvalue weighted by Crippen LogP contribution is -2.50. The van der Waals surface area contributed by atoms with Gasteiger partial charge >= 0.3 is 12.0 Å². The summed E-state index contributed by atoms with van der Waals surface area (Å²) in [4.78, 5) is 42.4. The van der Waals surface area contributed by atoms with E-state index in [1.807, 2.05) is 48.5 Å². The molecule has 31 heavy (non-hydrogen) atoms. The molecule has 1 aromatic heterocycles. The summed E-state index contributed by atoms with van der Waals surface area (Å²) >= 11 is 1.69. The number of thioether (sulfide) groups is 1. The van der Waals surface area contributed by atoms with Gasteiger partial charge in [0.2, 0.25) is 5.91 Å². The van der Waals surface area contributed by atoms with Crippen LogP contribution in [0.25, 0.3) is 10.9 Å². The van der Waals surface area contributed by atoms with E-state index in [0.717, 1.165) is 32.8 Å². The van der Waals surface area contributed by atoms with Crippen molar-refractivity contribution in [3.05, 3.63) is 60.3 Å². The van der Waals surface area contributed by atoms with E-state index >= 15 is 0 Å². The number of nitrogens with zero attached hydrogens (tertiary/aromatic N) is 1. The van der Waals surface area contributed by atoms with Gasteiger partial charge in [-0.05, 0) is 23.8 Å². The van der Waals surface area contributed by atoms with Crippen LogP contribution in [-0.2, 0) is 16.0 Å². The molecule has 1 atom stereocenters. The van der Waals surface area contributed by atoms with Crippen molar-refractivity contribution in [3.8, 4) is 0 Å². The van der Waals surface area contributed by atoms with E-state index in [1.54, 1.807) is 22.9 Å². The van der Waals surface area contributed by atoms with Crippen molar-refractivity contribution in [2.24, 2.45) is 0 Å². The Morgan fingerprint density at radius 3 is 2.74 bits per heavy atom. The minimum Gasteiger partial charge on any atom is -0.480 e. The van der Waals surface area contributed by atoms with Gasteiger partial charge in [0.1, 0.15) is 6.04 Å². The van der Waals surface area contributed by atoms with Crippen LogP contribution in [0.15, 0.2) is 59.6 Å². The van der Waals surface area contributed by atoms with Crippen molar-refractivity contribution in [1.29, 1.82) is 0 Å². The minimum absolute atomic E-state index is 0.122. The Balaban J connectivity index is 1.36. The zero-order valence-electron chi connectivity index (χ0n) is 16.6. The zero-order valence-corrected chi connectivity index (χ0v) is 17.4. The second kappa shape index (κ2) is 9.13. The number of para-hydroxylation sites is 2. The summed E-state index contributed by atoms with van der Waals surface area (Å²) in [6.45, 7) is 0.340. The number of H-pyrrole nitrogens is 1. The Kier molecular flexibility index (Phi) is 6.13. The van der Waals surface area contributed by atoms with Crippen LogP contribution in [0.1, 0.15) is 5.56 Å². The number of nitrogens with one attached hydrogen (secondary N) is 3. The van der Waals surface area contributed by atoms with E-state index in [2.05, 4.69) is 15.6 Å². The number of amides is 3. The van der Waals surface area contributed by atoms with Crippen LogP contribution in [0.4, 0.5) is 10.5 Å². The molecule has 0 spiro atoms. The van der Waals surface area contributed by atoms with Crippen molar-refractivity contribution >= 4 is 46.3 Å². The number of aromatic amines is 1. The predicted octanol–water partition coefficient (Wildman–Crippen LogP) is 2.60. The van der Waals surface area contributed by atoms with E-state index in [0.29, 0.717) is 6.54 Å². The summed E-state index contributed by atoms with van der Waals surface area (Å²) in [6.07, 6.45) is 1.87. The molecule has 0 fully saturated rings. The third kappa shape index (κ3) is 4.66. The van der Waals surface area contributed by atoms with Crippen LogP contribution in [-0.4, -0.2) is 52.9 Å². The SMILES string of the molecule is O=C(NCC(=O)N1CCSc2ccccc21)NC(Cc1c[nH]c2ccccc12)C(=O)O. The average molecular weight is 439 g/mol. The Hall–Kier alpha value is -3.46. The molecular weight excluding hydrogens is 416 g/mol. The number of urea groups is 1. The van der Waals surface area contributed by atoms with Gasteiger partial charge in [-0.3, -0.25) is 4.79 Å². The molecule has 1 unspecified atom stereocenters. The number of carboxylic acid groups (broad SMARTS) is 1. The predicted molar refractivity (Wildman–Crippen MR) is 119 cm³/mol. The summed E-state index contributed by atoms with van der Waals surface area (Å²) in [6, 6.07) is 13.4. The van der Waals surface area contributed by atoms with Crippen LogP contribution in [0.5, 0.6) is 0 Å². The Bertz CT molecular complexity index is 1130. The molecule has 4 N–H and O–H groups in total. The number of rotatable bonds is 6. The normalized spacial score (nSPS) is 14.0. The number of anilines is 1. The number of carboxylic acids is 1. The Morgan fingerprint density at radius 2 is 1.90 bits per heavy atom. The van der Waals surface area contributed by atoms with Crippen LogP contribution in [0.2, 0.25) is 0 Å². The van der Waals surface area contributed by atoms with Gasteiger partial charge in [0.15, 0.2) is 0 Å². The number of fused-ring (bicyclic) bond motifs is 2. The maximum Gasteiger partial charge on any atom is 0.326 e. The molecule has 9 heteroatoms. The molecule has 3 amide bonds. The van der Waals surface area contributed by atoms with Crippen LogP contribution >= 0.6 is 11.8 Å². The second-order valence-corrected chi connectivity index (χ2v) is 8.28. The first-order valence-electron chi connectivity index (χ1n) is 9.87. The van der Waals surface area contributed by atoms with Crippen LogP contribution in [0.3, 0.4) is 0 Å². The first-order chi connectivity index (χ1) is 15.0. The van der Waals surface area contributed by atoms with Crippen molar-refractivity contribution in [3.63, 3.8) is 0 Å². The summed E-state index contributed by atoms with van der Waals surface area (Å²) in [5.41, 5.74) is 2.52. The number of carbonyl (C=O) groups is 3. The highest BCUT2D eigenvalue weighted by Crippen LogP contribution is 2.34. The van der Waals surface area contributed by atoms with E-state index in [1.165, 1.54) is 0 Å². The van der Waals surface area contributed by atoms with E-state index in [-0.39, 0.29) is 18.9 Å². The number of hydrogen-bond acceptors (Lipinski definition) is 4. The highest BCUT2D eigenvalue weighted by molar-refractivity contribution is 7.99. The van der Waals surface area contributed by atoms with Crippen LogP contribution in [0, 0.1) is 0 Å². The van der Waals surface area contributed by atoms with Gasteiger partial charge in [-0.25, -0.2) is 9.59 Å². The topological polar surface area (TPSA) is 115 Å². The molecule has 0 bridgehead atoms.